The van der Waals surface area contributed by atoms with Gasteiger partial charge in [-0.15, -0.1) is 0 Å². The molecule has 1 heterocycles. The summed E-state index contributed by atoms with van der Waals surface area (Å²) in [5.74, 6) is -0.423. The molecular formula is C15H19N3O2. The van der Waals surface area contributed by atoms with Crippen LogP contribution in [0, 0.1) is 0 Å². The Morgan fingerprint density at radius 2 is 2.05 bits per heavy atom. The maximum Gasteiger partial charge on any atom is 0.358 e. The maximum atomic E-state index is 12.0. The van der Waals surface area contributed by atoms with Gasteiger partial charge in [0.1, 0.15) is 0 Å². The lowest BCUT2D eigenvalue weighted by Gasteiger charge is -2.06. The van der Waals surface area contributed by atoms with E-state index in [0.29, 0.717) is 30.8 Å². The third kappa shape index (κ3) is 2.99. The van der Waals surface area contributed by atoms with Crippen LogP contribution in [0.25, 0.3) is 0 Å². The molecule has 0 saturated carbocycles. The summed E-state index contributed by atoms with van der Waals surface area (Å²) in [6.07, 6.45) is 1.38. The molecule has 5 nitrogen and oxygen atoms in total. The van der Waals surface area contributed by atoms with Crippen molar-refractivity contribution >= 4 is 11.7 Å². The molecule has 0 aliphatic heterocycles. The van der Waals surface area contributed by atoms with Gasteiger partial charge in [-0.2, -0.15) is 5.10 Å². The van der Waals surface area contributed by atoms with E-state index in [4.69, 9.17) is 10.5 Å². The molecule has 0 saturated heterocycles. The van der Waals surface area contributed by atoms with E-state index in [1.165, 1.54) is 4.68 Å². The second-order valence-corrected chi connectivity index (χ2v) is 4.56. The molecule has 5 heteroatoms. The molecule has 1 aromatic carbocycles. The number of esters is 1. The molecule has 106 valence electrons. The molecule has 20 heavy (non-hydrogen) atoms. The first-order valence-corrected chi connectivity index (χ1v) is 6.65. The molecule has 2 N–H and O–H groups in total. The molecule has 0 atom stereocenters. The van der Waals surface area contributed by atoms with Crippen molar-refractivity contribution in [3.05, 3.63) is 47.3 Å². The average molecular weight is 273 g/mol. The normalized spacial score (nSPS) is 10.5. The highest BCUT2D eigenvalue weighted by Crippen LogP contribution is 2.17. The van der Waals surface area contributed by atoms with Crippen LogP contribution in [0.4, 0.5) is 5.69 Å². The van der Waals surface area contributed by atoms with Gasteiger partial charge >= 0.3 is 5.97 Å². The largest absolute Gasteiger partial charge is 0.461 e. The van der Waals surface area contributed by atoms with Crippen molar-refractivity contribution in [3.8, 4) is 0 Å². The monoisotopic (exact) mass is 273 g/mol. The van der Waals surface area contributed by atoms with Crippen LogP contribution in [0.3, 0.4) is 0 Å². The molecule has 1 aromatic heterocycles. The molecule has 0 radical (unpaired) electrons. The van der Waals surface area contributed by atoms with Crippen molar-refractivity contribution in [2.24, 2.45) is 7.05 Å². The van der Waals surface area contributed by atoms with Crippen molar-refractivity contribution in [1.82, 2.24) is 9.78 Å². The van der Waals surface area contributed by atoms with Crippen molar-refractivity contribution < 1.29 is 9.53 Å². The maximum absolute atomic E-state index is 12.0. The number of aryl methyl sites for hydroxylation is 2. The molecule has 0 aliphatic rings. The van der Waals surface area contributed by atoms with E-state index >= 15 is 0 Å². The second kappa shape index (κ2) is 6.23. The summed E-state index contributed by atoms with van der Waals surface area (Å²) in [7, 11) is 1.70. The molecule has 0 aliphatic carbocycles. The lowest BCUT2D eigenvalue weighted by atomic mass is 10.2. The van der Waals surface area contributed by atoms with Crippen molar-refractivity contribution in [1.29, 1.82) is 0 Å². The first-order valence-electron chi connectivity index (χ1n) is 6.65. The lowest BCUT2D eigenvalue weighted by molar-refractivity contribution is 0.0498. The van der Waals surface area contributed by atoms with Crippen molar-refractivity contribution in [3.63, 3.8) is 0 Å². The number of carbonyl (C=O) groups excluding carboxylic acids is 1. The Labute approximate surface area is 118 Å². The van der Waals surface area contributed by atoms with Crippen LogP contribution in [0.5, 0.6) is 0 Å². The third-order valence-corrected chi connectivity index (χ3v) is 3.16. The van der Waals surface area contributed by atoms with Gasteiger partial charge in [-0.3, -0.25) is 4.68 Å². The SMILES string of the molecule is CCc1nn(C)c(C(=O)OCCc2ccccc2)c1N. The van der Waals surface area contributed by atoms with Crippen molar-refractivity contribution in [2.45, 2.75) is 19.8 Å². The fourth-order valence-corrected chi connectivity index (χ4v) is 2.07. The topological polar surface area (TPSA) is 70.1 Å². The zero-order chi connectivity index (χ0) is 14.5. The highest BCUT2D eigenvalue weighted by Gasteiger charge is 2.20. The minimum Gasteiger partial charge on any atom is -0.461 e. The molecule has 0 amide bonds. The second-order valence-electron chi connectivity index (χ2n) is 4.56. The van der Waals surface area contributed by atoms with Gasteiger partial charge in [0.2, 0.25) is 0 Å². The standard InChI is InChI=1S/C15H19N3O2/c1-3-12-13(16)14(18(2)17-12)15(19)20-10-9-11-7-5-4-6-8-11/h4-8H,3,9-10,16H2,1-2H3. The average Bonchev–Trinajstić information content (AvgIpc) is 2.74. The van der Waals surface area contributed by atoms with Gasteiger partial charge in [-0.1, -0.05) is 37.3 Å². The van der Waals surface area contributed by atoms with Gasteiger partial charge in [0.05, 0.1) is 18.0 Å². The zero-order valence-corrected chi connectivity index (χ0v) is 11.8. The lowest BCUT2D eigenvalue weighted by Crippen LogP contribution is -2.14. The number of hydrogen-bond acceptors (Lipinski definition) is 4. The number of rotatable bonds is 5. The number of anilines is 1. The summed E-state index contributed by atoms with van der Waals surface area (Å²) in [6, 6.07) is 9.88. The summed E-state index contributed by atoms with van der Waals surface area (Å²) in [6.45, 7) is 2.28. The number of nitrogens with zero attached hydrogens (tertiary/aromatic N) is 2. The van der Waals surface area contributed by atoms with E-state index in [2.05, 4.69) is 5.10 Å². The molecule has 2 rings (SSSR count). The Morgan fingerprint density at radius 1 is 1.35 bits per heavy atom. The number of hydrogen-bond donors (Lipinski definition) is 1. The van der Waals surface area contributed by atoms with Crippen LogP contribution in [0.2, 0.25) is 0 Å². The van der Waals surface area contributed by atoms with Gasteiger partial charge in [0.25, 0.3) is 0 Å². The fraction of sp³-hybridized carbons (Fsp3) is 0.333. The van der Waals surface area contributed by atoms with Gasteiger partial charge < -0.3 is 10.5 Å². The van der Waals surface area contributed by atoms with Crippen LogP contribution in [0.15, 0.2) is 30.3 Å². The highest BCUT2D eigenvalue weighted by atomic mass is 16.5. The Morgan fingerprint density at radius 3 is 2.65 bits per heavy atom. The minimum absolute atomic E-state index is 0.328. The third-order valence-electron chi connectivity index (χ3n) is 3.16. The molecule has 0 unspecified atom stereocenters. The predicted octanol–water partition coefficient (Wildman–Crippen LogP) is 1.96. The van der Waals surface area contributed by atoms with E-state index in [0.717, 1.165) is 11.3 Å². The number of nitrogens with two attached hydrogens (primary N) is 1. The summed E-state index contributed by atoms with van der Waals surface area (Å²) >= 11 is 0. The van der Waals surface area contributed by atoms with Crippen LogP contribution < -0.4 is 5.73 Å². The van der Waals surface area contributed by atoms with Crippen LogP contribution in [0.1, 0.15) is 28.7 Å². The number of carbonyl (C=O) groups is 1. The Balaban J connectivity index is 1.97. The molecule has 0 fully saturated rings. The first kappa shape index (κ1) is 14.1. The van der Waals surface area contributed by atoms with E-state index in [-0.39, 0.29) is 0 Å². The number of benzene rings is 1. The summed E-state index contributed by atoms with van der Waals surface area (Å²) in [5.41, 5.74) is 8.52. The smallest absolute Gasteiger partial charge is 0.358 e. The van der Waals surface area contributed by atoms with Gasteiger partial charge in [0.15, 0.2) is 5.69 Å². The Hall–Kier alpha value is -2.30. The number of nitrogen functional groups attached to an aromatic ring is 1. The Bertz CT molecular complexity index is 591. The Kier molecular flexibility index (Phi) is 4.40. The number of ether oxygens (including phenoxy) is 1. The predicted molar refractivity (Wildman–Crippen MR) is 77.4 cm³/mol. The van der Waals surface area contributed by atoms with Crippen LogP contribution in [-0.4, -0.2) is 22.4 Å². The van der Waals surface area contributed by atoms with Gasteiger partial charge in [0, 0.05) is 13.5 Å². The van der Waals surface area contributed by atoms with E-state index < -0.39 is 5.97 Å². The summed E-state index contributed by atoms with van der Waals surface area (Å²) in [5, 5.41) is 4.21. The molecule has 0 spiro atoms. The van der Waals surface area contributed by atoms with Gasteiger partial charge in [-0.25, -0.2) is 4.79 Å². The van der Waals surface area contributed by atoms with E-state index in [1.807, 2.05) is 37.3 Å². The van der Waals surface area contributed by atoms with Crippen LogP contribution >= 0.6 is 0 Å². The van der Waals surface area contributed by atoms with Crippen LogP contribution in [-0.2, 0) is 24.6 Å². The van der Waals surface area contributed by atoms with Crippen molar-refractivity contribution in [2.75, 3.05) is 12.3 Å². The van der Waals surface area contributed by atoms with E-state index in [9.17, 15) is 4.79 Å². The minimum atomic E-state index is -0.423. The highest BCUT2D eigenvalue weighted by molar-refractivity contribution is 5.93. The quantitative estimate of drug-likeness (QED) is 0.845. The summed E-state index contributed by atoms with van der Waals surface area (Å²) < 4.78 is 6.76. The van der Waals surface area contributed by atoms with Gasteiger partial charge in [-0.05, 0) is 12.0 Å². The number of aromatic nitrogens is 2. The fourth-order valence-electron chi connectivity index (χ4n) is 2.07. The molecule has 2 aromatic rings. The molecule has 0 bridgehead atoms. The van der Waals surface area contributed by atoms with E-state index in [1.54, 1.807) is 7.05 Å². The molecular weight excluding hydrogens is 254 g/mol. The first-order chi connectivity index (χ1) is 9.63. The summed E-state index contributed by atoms with van der Waals surface area (Å²) in [4.78, 5) is 12.0. The zero-order valence-electron chi connectivity index (χ0n) is 11.8.